The average molecular weight is 950 g/mol. The number of Topliss-reactive ketones (excluding diaryl/α,β-unsaturated/α-hetero) is 2. The number of tetrazole rings is 2. The minimum absolute atomic E-state index is 0.0535. The van der Waals surface area contributed by atoms with E-state index >= 15 is 0 Å². The lowest BCUT2D eigenvalue weighted by atomic mass is 9.50. The lowest BCUT2D eigenvalue weighted by Gasteiger charge is -2.21. The molecule has 2 aromatic rings. The van der Waals surface area contributed by atoms with Gasteiger partial charge < -0.3 is 15.0 Å². The molecule has 372 valence electrons. The number of hydrogen-bond acceptors (Lipinski definition) is 16. The van der Waals surface area contributed by atoms with Gasteiger partial charge in [-0.25, -0.2) is 18.1 Å². The van der Waals surface area contributed by atoms with E-state index in [9.17, 15) is 27.4 Å². The van der Waals surface area contributed by atoms with Crippen LogP contribution in [0.5, 0.6) is 0 Å². The molecule has 0 aliphatic carbocycles. The number of sulfone groups is 1. The maximum absolute atomic E-state index is 10.9. The van der Waals surface area contributed by atoms with Crippen molar-refractivity contribution in [1.29, 1.82) is 0 Å². The number of rotatable bonds is 5. The number of carboxylic acids is 1. The van der Waals surface area contributed by atoms with Crippen molar-refractivity contribution in [3.8, 4) is 0 Å². The van der Waals surface area contributed by atoms with Crippen LogP contribution in [0.15, 0.2) is 15.2 Å². The smallest absolute Gasteiger partial charge is 0.327 e. The number of aliphatic carboxylic acids is 1. The fraction of sp³-hybridized carbons (Fsp3) is 0.854. The third kappa shape index (κ3) is 33.0. The predicted molar refractivity (Wildman–Crippen MR) is 257 cm³/mol. The van der Waals surface area contributed by atoms with Crippen molar-refractivity contribution in [2.45, 2.75) is 198 Å². The molecule has 0 spiro atoms. The van der Waals surface area contributed by atoms with E-state index in [-0.39, 0.29) is 53.1 Å². The Morgan fingerprint density at radius 2 is 1.22 bits per heavy atom. The SMILES string of the molecule is CB(O)C(C)(C)C.CC(=O)C(C)(C)C.CC(=O)Cn1nnnc1C(C)(C)C.CC(C)(C)P(C)(=O)O.CC(C)(C)S(C)(=O)=O.CC(C)(C)c1nnn(CC(=O)O)n1.CC(C)C1=NCN=N1. The Hall–Kier alpha value is -3.62. The van der Waals surface area contributed by atoms with E-state index in [1.54, 1.807) is 60.0 Å². The number of ketones is 2. The van der Waals surface area contributed by atoms with Crippen molar-refractivity contribution in [3.05, 3.63) is 11.6 Å². The summed E-state index contributed by atoms with van der Waals surface area (Å²) >= 11 is 0. The van der Waals surface area contributed by atoms with E-state index in [1.807, 2.05) is 83.1 Å². The van der Waals surface area contributed by atoms with Crippen LogP contribution in [-0.2, 0) is 52.7 Å². The summed E-state index contributed by atoms with van der Waals surface area (Å²) < 4.78 is 33.1. The molecule has 0 amide bonds. The second-order valence-corrected chi connectivity index (χ2v) is 27.6. The molecule has 3 N–H and O–H groups in total. The van der Waals surface area contributed by atoms with Gasteiger partial charge in [-0.2, -0.15) is 9.91 Å². The summed E-state index contributed by atoms with van der Waals surface area (Å²) in [4.78, 5) is 45.6. The minimum Gasteiger partial charge on any atom is -0.480 e. The molecule has 3 rings (SSSR count). The summed E-state index contributed by atoms with van der Waals surface area (Å²) in [5.41, 5.74) is -0.463. The Labute approximate surface area is 385 Å². The third-order valence-corrected chi connectivity index (χ3v) is 13.3. The molecule has 23 heteroatoms. The van der Waals surface area contributed by atoms with Crippen molar-refractivity contribution in [2.24, 2.45) is 26.6 Å². The molecular formula is C41H85BN11O9PS. The number of amidine groups is 1. The van der Waals surface area contributed by atoms with Gasteiger partial charge in [0.1, 0.15) is 18.2 Å². The predicted octanol–water partition coefficient (Wildman–Crippen LogP) is 7.62. The van der Waals surface area contributed by atoms with Crippen LogP contribution < -0.4 is 0 Å². The molecule has 20 nitrogen and oxygen atoms in total. The van der Waals surface area contributed by atoms with Crippen molar-refractivity contribution in [3.63, 3.8) is 0 Å². The van der Waals surface area contributed by atoms with Gasteiger partial charge in [0.15, 0.2) is 40.5 Å². The molecule has 0 aromatic carbocycles. The van der Waals surface area contributed by atoms with Gasteiger partial charge in [-0.05, 0) is 55.6 Å². The quantitative estimate of drug-likeness (QED) is 0.192. The third-order valence-electron chi connectivity index (χ3n) is 8.63. The molecule has 3 heterocycles. The largest absolute Gasteiger partial charge is 0.480 e. The first-order valence-electron chi connectivity index (χ1n) is 20.9. The molecule has 0 fully saturated rings. The molecule has 0 radical (unpaired) electrons. The van der Waals surface area contributed by atoms with Crippen molar-refractivity contribution in [1.82, 2.24) is 40.4 Å². The van der Waals surface area contributed by atoms with E-state index in [0.29, 0.717) is 18.4 Å². The van der Waals surface area contributed by atoms with E-state index in [1.165, 1.54) is 19.8 Å². The first kappa shape index (κ1) is 67.0. The lowest BCUT2D eigenvalue weighted by molar-refractivity contribution is -0.138. The summed E-state index contributed by atoms with van der Waals surface area (Å²) in [6.45, 7) is 44.7. The molecule has 0 saturated carbocycles. The maximum Gasteiger partial charge on any atom is 0.327 e. The molecule has 0 saturated heterocycles. The fourth-order valence-corrected chi connectivity index (χ4v) is 2.33. The van der Waals surface area contributed by atoms with Crippen LogP contribution in [0.2, 0.25) is 12.1 Å². The zero-order chi connectivity index (χ0) is 52.3. The number of nitrogens with zero attached hydrogens (tertiary/aromatic N) is 11. The zero-order valence-corrected chi connectivity index (χ0v) is 45.6. The van der Waals surface area contributed by atoms with Gasteiger partial charge >= 0.3 is 5.97 Å². The Kier molecular flexibility index (Phi) is 28.4. The zero-order valence-electron chi connectivity index (χ0n) is 43.8. The van der Waals surface area contributed by atoms with Gasteiger partial charge in [0.25, 0.3) is 6.92 Å². The summed E-state index contributed by atoms with van der Waals surface area (Å²) in [6, 6.07) is 0. The molecule has 0 bridgehead atoms. The Morgan fingerprint density at radius 1 is 0.812 bits per heavy atom. The highest BCUT2D eigenvalue weighted by Gasteiger charge is 2.28. The monoisotopic (exact) mass is 950 g/mol. The molecule has 1 aliphatic rings. The first-order chi connectivity index (χ1) is 28.0. The van der Waals surface area contributed by atoms with Crippen molar-refractivity contribution in [2.75, 3.05) is 19.6 Å². The fourth-order valence-electron chi connectivity index (χ4n) is 2.33. The normalized spacial score (nSPS) is 13.7. The van der Waals surface area contributed by atoms with E-state index in [4.69, 9.17) is 15.0 Å². The standard InChI is InChI=1S/C8H14N4O.C7H12N4O2.C6H12O.C5H13BO.C5H9N3.C5H13O2P.C5H12O2S/c1-6(13)5-12-7(8(2,3)4)9-10-11-12;1-7(2,3)6-8-10-11(9-6)4-5(12)13;1-5(7)6(2,3)4;1-5(2,3)6(4)7;1-4(2)5-6-3-7-8-5;2*1-5(2,3)8(4,6)7/h5H2,1-4H3;4H2,1-3H3,(H,12,13);1-4H3;7H,1-4H3;4H,3H2,1-2H3;1-4H3,(H,6,7);1-4H3. The van der Waals surface area contributed by atoms with Gasteiger partial charge in [0, 0.05) is 40.2 Å². The molecule has 64 heavy (non-hydrogen) atoms. The molecule has 1 atom stereocenters. The van der Waals surface area contributed by atoms with Crippen LogP contribution in [0.3, 0.4) is 0 Å². The van der Waals surface area contributed by atoms with Crippen LogP contribution in [0, 0.1) is 11.3 Å². The number of hydrogen-bond donors (Lipinski definition) is 3. The van der Waals surface area contributed by atoms with Gasteiger partial charge in [0.2, 0.25) is 7.37 Å². The number of aromatic nitrogens is 8. The maximum atomic E-state index is 10.9. The van der Waals surface area contributed by atoms with Crippen molar-refractivity contribution < 1.29 is 42.4 Å². The van der Waals surface area contributed by atoms with Crippen LogP contribution in [0.25, 0.3) is 0 Å². The van der Waals surface area contributed by atoms with Gasteiger partial charge in [0.05, 0.1) is 4.75 Å². The van der Waals surface area contributed by atoms with Crippen molar-refractivity contribution >= 4 is 47.5 Å². The number of carbonyl (C=O) groups is 3. The molecule has 1 aliphatic heterocycles. The lowest BCUT2D eigenvalue weighted by Crippen LogP contribution is -2.26. The number of carboxylic acid groups (broad SMARTS) is 1. The first-order valence-corrected chi connectivity index (χ1v) is 24.9. The summed E-state index contributed by atoms with van der Waals surface area (Å²) in [5.74, 6) is 1.92. The highest BCUT2D eigenvalue weighted by atomic mass is 32.2. The topological polar surface area (TPSA) is 287 Å². The molecular weight excluding hydrogens is 864 g/mol. The summed E-state index contributed by atoms with van der Waals surface area (Å²) in [5, 5.41) is 47.0. The highest BCUT2D eigenvalue weighted by Crippen LogP contribution is 2.49. The van der Waals surface area contributed by atoms with Crippen LogP contribution in [0.4, 0.5) is 0 Å². The minimum atomic E-state index is -2.85. The average Bonchev–Trinajstić information content (AvgIpc) is 3.82. The van der Waals surface area contributed by atoms with E-state index in [0.717, 1.165) is 16.5 Å². The highest BCUT2D eigenvalue weighted by molar-refractivity contribution is 7.92. The molecule has 1 unspecified atom stereocenters. The number of carbonyl (C=O) groups excluding carboxylic acids is 2. The summed E-state index contributed by atoms with van der Waals surface area (Å²) in [6.07, 6.45) is 1.24. The second kappa shape index (κ2) is 27.1. The molecule has 2 aromatic heterocycles. The summed E-state index contributed by atoms with van der Waals surface area (Å²) in [7, 11) is -5.69. The van der Waals surface area contributed by atoms with Crippen LogP contribution >= 0.6 is 7.37 Å². The van der Waals surface area contributed by atoms with Gasteiger partial charge in [-0.3, -0.25) is 18.9 Å². The van der Waals surface area contributed by atoms with Crippen LogP contribution in [0.1, 0.15) is 164 Å². The van der Waals surface area contributed by atoms with Gasteiger partial charge in [-0.1, -0.05) is 125 Å². The Balaban J connectivity index is -0.000000334. The Morgan fingerprint density at radius 3 is 1.42 bits per heavy atom. The number of azo groups is 1. The van der Waals surface area contributed by atoms with E-state index < -0.39 is 33.1 Å². The van der Waals surface area contributed by atoms with Crippen LogP contribution in [-0.4, -0.2) is 124 Å². The van der Waals surface area contributed by atoms with E-state index in [2.05, 4.69) is 60.0 Å². The number of aliphatic imine (C=N–C) groups is 1. The van der Waals surface area contributed by atoms with Gasteiger partial charge in [-0.15, -0.1) is 20.4 Å². The Bertz CT molecular complexity index is 1930. The second-order valence-electron chi connectivity index (χ2n) is 21.7.